The summed E-state index contributed by atoms with van der Waals surface area (Å²) in [6, 6.07) is 22.3. The van der Waals surface area contributed by atoms with Crippen molar-refractivity contribution in [3.63, 3.8) is 0 Å². The van der Waals surface area contributed by atoms with E-state index < -0.39 is 17.9 Å². The summed E-state index contributed by atoms with van der Waals surface area (Å²) in [5, 5.41) is 12.3. The third-order valence-corrected chi connectivity index (χ3v) is 7.01. The first-order valence-electron chi connectivity index (χ1n) is 14.3. The monoisotopic (exact) mass is 554 g/mol. The van der Waals surface area contributed by atoms with Gasteiger partial charge in [-0.25, -0.2) is 9.78 Å². The van der Waals surface area contributed by atoms with Gasteiger partial charge in [0, 0.05) is 11.1 Å². The number of benzene rings is 3. The molecule has 0 aliphatic rings. The van der Waals surface area contributed by atoms with Gasteiger partial charge in [0.15, 0.2) is 5.76 Å². The van der Waals surface area contributed by atoms with Crippen LogP contribution in [-0.2, 0) is 29.2 Å². The second-order valence-corrected chi connectivity index (χ2v) is 10.2. The van der Waals surface area contributed by atoms with E-state index in [1.165, 1.54) is 0 Å². The highest BCUT2D eigenvalue weighted by atomic mass is 16.5. The van der Waals surface area contributed by atoms with Gasteiger partial charge in [0.25, 0.3) is 5.91 Å². The number of hydrogen-bond donors (Lipinski definition) is 2. The van der Waals surface area contributed by atoms with Crippen LogP contribution in [0.1, 0.15) is 72.5 Å². The fourth-order valence-corrected chi connectivity index (χ4v) is 4.76. The fraction of sp³-hybridized carbons (Fsp3) is 0.324. The summed E-state index contributed by atoms with van der Waals surface area (Å²) in [5.74, 6) is -0.130. The third kappa shape index (κ3) is 7.70. The standard InChI is InChI=1S/C34H38N2O5/c1-4-6-17-29-31(41-33(36-29)25-14-8-7-9-15-25)22-40-21-24-18-19-27(32(37)35-30(12-5-2)34(38)39)28(20-24)26-16-11-10-13-23(26)3/h7-11,13-16,18-20,30H,4-6,12,17,21-22H2,1-3H3,(H,35,37)(H,38,39)/t30-/m0/s1. The average Bonchev–Trinajstić information content (AvgIpc) is 3.39. The number of unbranched alkanes of at least 4 members (excludes halogenated alkanes) is 1. The number of hydrogen-bond acceptors (Lipinski definition) is 5. The maximum absolute atomic E-state index is 13.3. The Morgan fingerprint density at radius 2 is 1.71 bits per heavy atom. The van der Waals surface area contributed by atoms with Gasteiger partial charge in [-0.3, -0.25) is 4.79 Å². The lowest BCUT2D eigenvalue weighted by Gasteiger charge is -2.17. The quantitative estimate of drug-likeness (QED) is 0.169. The molecule has 1 heterocycles. The first-order valence-corrected chi connectivity index (χ1v) is 14.3. The highest BCUT2D eigenvalue weighted by Crippen LogP contribution is 2.29. The summed E-state index contributed by atoms with van der Waals surface area (Å²) < 4.78 is 12.2. The largest absolute Gasteiger partial charge is 0.480 e. The van der Waals surface area contributed by atoms with Crippen LogP contribution in [0.15, 0.2) is 77.2 Å². The van der Waals surface area contributed by atoms with Crippen molar-refractivity contribution in [3.8, 4) is 22.6 Å². The molecule has 0 unspecified atom stereocenters. The number of aromatic nitrogens is 1. The molecule has 0 aliphatic heterocycles. The normalized spacial score (nSPS) is 11.8. The van der Waals surface area contributed by atoms with Gasteiger partial charge in [-0.05, 0) is 72.7 Å². The Morgan fingerprint density at radius 3 is 2.41 bits per heavy atom. The Hall–Kier alpha value is -4.23. The van der Waals surface area contributed by atoms with E-state index in [1.807, 2.05) is 80.6 Å². The highest BCUT2D eigenvalue weighted by Gasteiger charge is 2.22. The molecule has 4 rings (SSSR count). The summed E-state index contributed by atoms with van der Waals surface area (Å²) >= 11 is 0. The summed E-state index contributed by atoms with van der Waals surface area (Å²) in [7, 11) is 0. The number of nitrogens with zero attached hydrogens (tertiary/aromatic N) is 1. The predicted octanol–water partition coefficient (Wildman–Crippen LogP) is 7.36. The SMILES string of the molecule is CCCCc1nc(-c2ccccc2)oc1COCc1ccc(C(=O)N[C@@H](CCC)C(=O)O)c(-c2ccccc2C)c1. The lowest BCUT2D eigenvalue weighted by atomic mass is 9.93. The number of ether oxygens (including phenoxy) is 1. The summed E-state index contributed by atoms with van der Waals surface area (Å²) in [6.07, 6.45) is 3.90. The van der Waals surface area contributed by atoms with Gasteiger partial charge >= 0.3 is 5.97 Å². The number of amides is 1. The van der Waals surface area contributed by atoms with Crippen LogP contribution in [0.5, 0.6) is 0 Å². The highest BCUT2D eigenvalue weighted by molar-refractivity contribution is 6.02. The Balaban J connectivity index is 1.56. The van der Waals surface area contributed by atoms with E-state index >= 15 is 0 Å². The molecule has 1 atom stereocenters. The van der Waals surface area contributed by atoms with E-state index in [4.69, 9.17) is 14.1 Å². The molecule has 0 radical (unpaired) electrons. The minimum Gasteiger partial charge on any atom is -0.480 e. The molecule has 3 aromatic carbocycles. The zero-order valence-electron chi connectivity index (χ0n) is 24.0. The number of carboxylic acids is 1. The maximum atomic E-state index is 13.3. The van der Waals surface area contributed by atoms with Crippen LogP contribution >= 0.6 is 0 Å². The van der Waals surface area contributed by atoms with Crippen LogP contribution in [-0.4, -0.2) is 28.0 Å². The van der Waals surface area contributed by atoms with E-state index in [2.05, 4.69) is 12.2 Å². The number of rotatable bonds is 14. The smallest absolute Gasteiger partial charge is 0.326 e. The van der Waals surface area contributed by atoms with Crippen LogP contribution in [0.2, 0.25) is 0 Å². The van der Waals surface area contributed by atoms with Gasteiger partial charge in [0.2, 0.25) is 5.89 Å². The second kappa shape index (κ2) is 14.4. The van der Waals surface area contributed by atoms with Gasteiger partial charge in [-0.15, -0.1) is 0 Å². The first kappa shape index (κ1) is 29.7. The minimum absolute atomic E-state index is 0.276. The van der Waals surface area contributed by atoms with Crippen molar-refractivity contribution in [2.45, 2.75) is 72.1 Å². The van der Waals surface area contributed by atoms with Crippen LogP contribution in [0.3, 0.4) is 0 Å². The molecule has 1 amide bonds. The molecule has 0 saturated carbocycles. The van der Waals surface area contributed by atoms with Crippen molar-refractivity contribution in [2.24, 2.45) is 0 Å². The molecule has 7 heteroatoms. The van der Waals surface area contributed by atoms with Crippen LogP contribution in [0.25, 0.3) is 22.6 Å². The first-order chi connectivity index (χ1) is 19.9. The van der Waals surface area contributed by atoms with Gasteiger partial charge in [0.1, 0.15) is 12.6 Å². The van der Waals surface area contributed by atoms with Gasteiger partial charge < -0.3 is 19.6 Å². The number of nitrogens with one attached hydrogen (secondary N) is 1. The van der Waals surface area contributed by atoms with E-state index in [-0.39, 0.29) is 6.61 Å². The van der Waals surface area contributed by atoms with E-state index in [0.29, 0.717) is 30.9 Å². The number of carboxylic acid groups (broad SMARTS) is 1. The third-order valence-electron chi connectivity index (χ3n) is 7.01. The number of aliphatic carboxylic acids is 1. The van der Waals surface area contributed by atoms with E-state index in [0.717, 1.165) is 58.5 Å². The molecule has 0 bridgehead atoms. The van der Waals surface area contributed by atoms with Crippen LogP contribution in [0, 0.1) is 6.92 Å². The molecule has 7 nitrogen and oxygen atoms in total. The van der Waals surface area contributed by atoms with Crippen LogP contribution in [0.4, 0.5) is 0 Å². The molecule has 0 aliphatic carbocycles. The van der Waals surface area contributed by atoms with Gasteiger partial charge in [-0.2, -0.15) is 0 Å². The Kier molecular flexibility index (Phi) is 10.5. The average molecular weight is 555 g/mol. The van der Waals surface area contributed by atoms with Crippen molar-refractivity contribution < 1.29 is 23.8 Å². The second-order valence-electron chi connectivity index (χ2n) is 10.2. The molecule has 0 fully saturated rings. The number of oxazole rings is 1. The zero-order valence-corrected chi connectivity index (χ0v) is 24.0. The molecule has 214 valence electrons. The number of carbonyl (C=O) groups is 2. The Morgan fingerprint density at radius 1 is 0.951 bits per heavy atom. The number of aryl methyl sites for hydroxylation is 2. The topological polar surface area (TPSA) is 102 Å². The molecule has 41 heavy (non-hydrogen) atoms. The minimum atomic E-state index is -1.04. The number of carbonyl (C=O) groups excluding carboxylic acids is 1. The van der Waals surface area contributed by atoms with Gasteiger partial charge in [0.05, 0.1) is 12.3 Å². The maximum Gasteiger partial charge on any atom is 0.326 e. The lowest BCUT2D eigenvalue weighted by molar-refractivity contribution is -0.139. The molecule has 0 spiro atoms. The van der Waals surface area contributed by atoms with Crippen molar-refractivity contribution in [2.75, 3.05) is 0 Å². The molecule has 1 aromatic heterocycles. The zero-order chi connectivity index (χ0) is 29.2. The van der Waals surface area contributed by atoms with Crippen molar-refractivity contribution in [1.82, 2.24) is 10.3 Å². The lowest BCUT2D eigenvalue weighted by Crippen LogP contribution is -2.40. The molecular weight excluding hydrogens is 516 g/mol. The van der Waals surface area contributed by atoms with Crippen molar-refractivity contribution >= 4 is 11.9 Å². The summed E-state index contributed by atoms with van der Waals surface area (Å²) in [6.45, 7) is 6.62. The van der Waals surface area contributed by atoms with Crippen molar-refractivity contribution in [3.05, 3.63) is 101 Å². The molecule has 2 N–H and O–H groups in total. The van der Waals surface area contributed by atoms with Gasteiger partial charge in [-0.1, -0.05) is 75.2 Å². The van der Waals surface area contributed by atoms with Crippen LogP contribution < -0.4 is 5.32 Å². The van der Waals surface area contributed by atoms with E-state index in [9.17, 15) is 14.7 Å². The fourth-order valence-electron chi connectivity index (χ4n) is 4.76. The molecule has 0 saturated heterocycles. The van der Waals surface area contributed by atoms with Crippen molar-refractivity contribution in [1.29, 1.82) is 0 Å². The Bertz CT molecular complexity index is 1460. The summed E-state index contributed by atoms with van der Waals surface area (Å²) in [4.78, 5) is 29.7. The predicted molar refractivity (Wildman–Crippen MR) is 159 cm³/mol. The molecular formula is C34H38N2O5. The Labute approximate surface area is 241 Å². The summed E-state index contributed by atoms with van der Waals surface area (Å²) in [5.41, 5.74) is 5.81. The molecule has 4 aromatic rings. The van der Waals surface area contributed by atoms with E-state index in [1.54, 1.807) is 6.07 Å².